The van der Waals surface area contributed by atoms with Gasteiger partial charge < -0.3 is 15.0 Å². The largest absolute Gasteiger partial charge is 0.444 e. The highest BCUT2D eigenvalue weighted by Gasteiger charge is 2.35. The average molecular weight is 357 g/mol. The van der Waals surface area contributed by atoms with E-state index in [-0.39, 0.29) is 5.82 Å². The van der Waals surface area contributed by atoms with Gasteiger partial charge in [-0.05, 0) is 44.4 Å². The number of hydrogen-bond donors (Lipinski definition) is 1. The number of anilines is 1. The maximum Gasteiger partial charge on any atom is 0.419 e. The van der Waals surface area contributed by atoms with Crippen LogP contribution in [0.5, 0.6) is 0 Å². The predicted octanol–water partition coefficient (Wildman–Crippen LogP) is 4.17. The van der Waals surface area contributed by atoms with Gasteiger partial charge in [-0.3, -0.25) is 0 Å². The number of carbonyl (C=O) groups is 1. The summed E-state index contributed by atoms with van der Waals surface area (Å²) < 4.78 is 44.7. The van der Waals surface area contributed by atoms with Crippen LogP contribution in [0.15, 0.2) is 18.3 Å². The van der Waals surface area contributed by atoms with Gasteiger partial charge in [-0.2, -0.15) is 13.2 Å². The van der Waals surface area contributed by atoms with Crippen LogP contribution in [0.1, 0.15) is 38.3 Å². The number of carbonyl (C=O) groups excluding carboxylic acids is 1. The zero-order valence-corrected chi connectivity index (χ0v) is 14.7. The first-order valence-corrected chi connectivity index (χ1v) is 7.93. The molecule has 0 saturated heterocycles. The van der Waals surface area contributed by atoms with E-state index in [4.69, 9.17) is 4.74 Å². The summed E-state index contributed by atoms with van der Waals surface area (Å²) in [5.74, 6) is -0.206. The molecule has 1 amide bonds. The van der Waals surface area contributed by atoms with Crippen molar-refractivity contribution in [2.75, 3.05) is 25.5 Å². The summed E-state index contributed by atoms with van der Waals surface area (Å²) >= 11 is 0. The Morgan fingerprint density at radius 2 is 2.00 bits per heavy atom. The van der Waals surface area contributed by atoms with Gasteiger partial charge >= 0.3 is 12.3 Å². The van der Waals surface area contributed by atoms with Crippen molar-refractivity contribution < 1.29 is 22.7 Å². The molecule has 25 heavy (non-hydrogen) atoms. The van der Waals surface area contributed by atoms with Gasteiger partial charge in [0.15, 0.2) is 0 Å². The molecule has 1 aromatic rings. The lowest BCUT2D eigenvalue weighted by Gasteiger charge is -2.29. The predicted molar refractivity (Wildman–Crippen MR) is 89.2 cm³/mol. The lowest BCUT2D eigenvalue weighted by Crippen LogP contribution is -2.39. The van der Waals surface area contributed by atoms with Gasteiger partial charge in [0.2, 0.25) is 0 Å². The lowest BCUT2D eigenvalue weighted by atomic mass is 9.99. The molecule has 0 spiro atoms. The summed E-state index contributed by atoms with van der Waals surface area (Å²) in [5.41, 5.74) is -0.242. The van der Waals surface area contributed by atoms with E-state index in [9.17, 15) is 18.0 Å². The van der Waals surface area contributed by atoms with Crippen LogP contribution in [0, 0.1) is 0 Å². The fourth-order valence-corrected chi connectivity index (χ4v) is 2.48. The fourth-order valence-electron chi connectivity index (χ4n) is 2.48. The van der Waals surface area contributed by atoms with Gasteiger partial charge in [0, 0.05) is 26.3 Å². The van der Waals surface area contributed by atoms with Crippen LogP contribution in [0.25, 0.3) is 5.57 Å². The quantitative estimate of drug-likeness (QED) is 0.863. The second-order valence-corrected chi connectivity index (χ2v) is 6.77. The highest BCUT2D eigenvalue weighted by atomic mass is 19.4. The van der Waals surface area contributed by atoms with Crippen molar-refractivity contribution in [3.63, 3.8) is 0 Å². The molecule has 138 valence electrons. The molecule has 0 atom stereocenters. The standard InChI is InChI=1S/C17H22F3N3O2/c1-16(2,3)25-15(24)23-7-5-11(6-8-23)12-9-13(17(18,19)20)14(21-4)22-10-12/h5,9-10H,6-8H2,1-4H3,(H,21,22). The molecule has 1 aliphatic heterocycles. The van der Waals surface area contributed by atoms with Crippen LogP contribution < -0.4 is 5.32 Å². The zero-order chi connectivity index (χ0) is 18.8. The summed E-state index contributed by atoms with van der Waals surface area (Å²) in [5, 5.41) is 2.46. The first-order chi connectivity index (χ1) is 11.5. The van der Waals surface area contributed by atoms with E-state index < -0.39 is 23.4 Å². The minimum Gasteiger partial charge on any atom is -0.444 e. The molecule has 2 rings (SSSR count). The van der Waals surface area contributed by atoms with Gasteiger partial charge in [0.1, 0.15) is 11.4 Å². The van der Waals surface area contributed by atoms with Crippen molar-refractivity contribution >= 4 is 17.5 Å². The minimum absolute atomic E-state index is 0.206. The van der Waals surface area contributed by atoms with E-state index in [1.165, 1.54) is 18.1 Å². The van der Waals surface area contributed by atoms with E-state index in [1.807, 2.05) is 0 Å². The Bertz CT molecular complexity index is 679. The topological polar surface area (TPSA) is 54.5 Å². The number of rotatable bonds is 2. The van der Waals surface area contributed by atoms with E-state index in [1.54, 1.807) is 26.8 Å². The number of halogens is 3. The third-order valence-electron chi connectivity index (χ3n) is 3.66. The normalized spacial score (nSPS) is 15.6. The Balaban J connectivity index is 2.18. The second-order valence-electron chi connectivity index (χ2n) is 6.77. The van der Waals surface area contributed by atoms with Crippen molar-refractivity contribution in [1.82, 2.24) is 9.88 Å². The molecular weight excluding hydrogens is 335 g/mol. The first kappa shape index (κ1) is 19.1. The van der Waals surface area contributed by atoms with Crippen molar-refractivity contribution in [2.45, 2.75) is 39.0 Å². The van der Waals surface area contributed by atoms with Crippen molar-refractivity contribution in [3.8, 4) is 0 Å². The molecule has 1 aromatic heterocycles. The number of amides is 1. The summed E-state index contributed by atoms with van der Waals surface area (Å²) in [6, 6.07) is 1.09. The van der Waals surface area contributed by atoms with E-state index in [0.29, 0.717) is 25.1 Å². The van der Waals surface area contributed by atoms with Gasteiger partial charge in [-0.25, -0.2) is 9.78 Å². The van der Waals surface area contributed by atoms with Crippen LogP contribution in [0.2, 0.25) is 0 Å². The summed E-state index contributed by atoms with van der Waals surface area (Å²) in [7, 11) is 1.40. The second kappa shape index (κ2) is 6.93. The SMILES string of the molecule is CNc1ncc(C2=CCN(C(=O)OC(C)(C)C)CC2)cc1C(F)(F)F. The molecule has 0 fully saturated rings. The highest BCUT2D eigenvalue weighted by Crippen LogP contribution is 2.36. The Labute approximate surface area is 144 Å². The van der Waals surface area contributed by atoms with Gasteiger partial charge in [0.05, 0.1) is 5.56 Å². The zero-order valence-electron chi connectivity index (χ0n) is 14.7. The molecule has 1 N–H and O–H groups in total. The van der Waals surface area contributed by atoms with Crippen LogP contribution in [0.4, 0.5) is 23.8 Å². The molecule has 0 saturated carbocycles. The number of alkyl halides is 3. The van der Waals surface area contributed by atoms with Crippen LogP contribution in [0.3, 0.4) is 0 Å². The monoisotopic (exact) mass is 357 g/mol. The van der Waals surface area contributed by atoms with Crippen molar-refractivity contribution in [3.05, 3.63) is 29.5 Å². The molecule has 0 aliphatic carbocycles. The number of ether oxygens (including phenoxy) is 1. The molecule has 8 heteroatoms. The van der Waals surface area contributed by atoms with Gasteiger partial charge in [-0.15, -0.1) is 0 Å². The summed E-state index contributed by atoms with van der Waals surface area (Å²) in [4.78, 5) is 17.4. The molecule has 1 aliphatic rings. The van der Waals surface area contributed by atoms with Gasteiger partial charge in [0.25, 0.3) is 0 Å². The average Bonchev–Trinajstić information content (AvgIpc) is 2.52. The number of nitrogens with zero attached hydrogens (tertiary/aromatic N) is 2. The third-order valence-corrected chi connectivity index (χ3v) is 3.66. The fraction of sp³-hybridized carbons (Fsp3) is 0.529. The van der Waals surface area contributed by atoms with Crippen molar-refractivity contribution in [1.29, 1.82) is 0 Å². The number of hydrogen-bond acceptors (Lipinski definition) is 4. The highest BCUT2D eigenvalue weighted by molar-refractivity contribution is 5.73. The summed E-state index contributed by atoms with van der Waals surface area (Å²) in [6.45, 7) is 6.02. The summed E-state index contributed by atoms with van der Waals surface area (Å²) in [6.07, 6.45) is -1.32. The Morgan fingerprint density at radius 1 is 1.32 bits per heavy atom. The molecular formula is C17H22F3N3O2. The Kier molecular flexibility index (Phi) is 5.29. The number of pyridine rings is 1. The molecule has 0 unspecified atom stereocenters. The lowest BCUT2D eigenvalue weighted by molar-refractivity contribution is -0.137. The van der Waals surface area contributed by atoms with E-state index in [0.717, 1.165) is 11.6 Å². The first-order valence-electron chi connectivity index (χ1n) is 7.93. The van der Waals surface area contributed by atoms with Crippen LogP contribution >= 0.6 is 0 Å². The molecule has 5 nitrogen and oxygen atoms in total. The maximum absolute atomic E-state index is 13.1. The Hall–Kier alpha value is -2.25. The molecule has 0 radical (unpaired) electrons. The Morgan fingerprint density at radius 3 is 2.48 bits per heavy atom. The maximum atomic E-state index is 13.1. The smallest absolute Gasteiger partial charge is 0.419 e. The third kappa shape index (κ3) is 4.87. The van der Waals surface area contributed by atoms with Crippen LogP contribution in [-0.2, 0) is 10.9 Å². The number of nitrogens with one attached hydrogen (secondary N) is 1. The molecule has 0 bridgehead atoms. The van der Waals surface area contributed by atoms with Gasteiger partial charge in [-0.1, -0.05) is 6.08 Å². The van der Waals surface area contributed by atoms with Crippen molar-refractivity contribution in [2.24, 2.45) is 0 Å². The van der Waals surface area contributed by atoms with E-state index in [2.05, 4.69) is 10.3 Å². The van der Waals surface area contributed by atoms with E-state index >= 15 is 0 Å². The minimum atomic E-state index is -4.49. The molecule has 0 aromatic carbocycles. The number of aromatic nitrogens is 1. The molecule has 2 heterocycles. The van der Waals surface area contributed by atoms with Crippen LogP contribution in [-0.4, -0.2) is 41.7 Å².